The van der Waals surface area contributed by atoms with Gasteiger partial charge >= 0.3 is 0 Å². The number of fused-ring (bicyclic) bond motifs is 1. The standard InChI is InChI=1S/C12H16N4O3S2/c1-2-21-9-6(3-17)19-12(8(9)18)16-5-15-7-10(16)13-4-14-11(7)20/h4-6,8-9,12,17-18H,2-3H2,1H3,(H,13,14,20). The van der Waals surface area contributed by atoms with Crippen LogP contribution in [-0.2, 0) is 4.74 Å². The summed E-state index contributed by atoms with van der Waals surface area (Å²) in [6.07, 6.45) is 1.31. The SMILES string of the molecule is CCSC1C(CO)OC(n2cnc3c(=S)nc[nH]c32)C1O. The molecule has 0 spiro atoms. The summed E-state index contributed by atoms with van der Waals surface area (Å²) in [4.78, 5) is 11.2. The number of aromatic nitrogens is 4. The number of aromatic amines is 1. The Morgan fingerprint density at radius 3 is 3.05 bits per heavy atom. The molecule has 1 aliphatic rings. The molecule has 4 atom stereocenters. The molecule has 9 heteroatoms. The van der Waals surface area contributed by atoms with Crippen molar-refractivity contribution in [2.75, 3.05) is 12.4 Å². The van der Waals surface area contributed by atoms with Gasteiger partial charge in [0.1, 0.15) is 17.3 Å². The zero-order chi connectivity index (χ0) is 15.0. The lowest BCUT2D eigenvalue weighted by molar-refractivity contribution is -0.0486. The van der Waals surface area contributed by atoms with Crippen LogP contribution in [0.2, 0.25) is 0 Å². The van der Waals surface area contributed by atoms with Crippen molar-refractivity contribution in [3.05, 3.63) is 17.3 Å². The molecule has 0 aliphatic carbocycles. The van der Waals surface area contributed by atoms with Crippen molar-refractivity contribution in [3.63, 3.8) is 0 Å². The van der Waals surface area contributed by atoms with Gasteiger partial charge in [0, 0.05) is 0 Å². The molecule has 0 amide bonds. The number of hydrogen-bond donors (Lipinski definition) is 3. The lowest BCUT2D eigenvalue weighted by atomic mass is 10.2. The van der Waals surface area contributed by atoms with E-state index in [1.165, 1.54) is 6.33 Å². The van der Waals surface area contributed by atoms with Crippen LogP contribution < -0.4 is 0 Å². The smallest absolute Gasteiger partial charge is 0.164 e. The average Bonchev–Trinajstić information content (AvgIpc) is 3.03. The van der Waals surface area contributed by atoms with Crippen molar-refractivity contribution in [1.29, 1.82) is 0 Å². The summed E-state index contributed by atoms with van der Waals surface area (Å²) in [6, 6.07) is 0. The van der Waals surface area contributed by atoms with E-state index >= 15 is 0 Å². The third-order valence-corrected chi connectivity index (χ3v) is 5.10. The molecule has 0 aromatic carbocycles. The summed E-state index contributed by atoms with van der Waals surface area (Å²) in [5.74, 6) is 0.839. The number of nitrogens with zero attached hydrogens (tertiary/aromatic N) is 3. The summed E-state index contributed by atoms with van der Waals surface area (Å²) < 4.78 is 7.91. The topological polar surface area (TPSA) is 96.2 Å². The zero-order valence-corrected chi connectivity index (χ0v) is 13.0. The highest BCUT2D eigenvalue weighted by atomic mass is 32.2. The predicted molar refractivity (Wildman–Crippen MR) is 81.6 cm³/mol. The van der Waals surface area contributed by atoms with Gasteiger partial charge in [-0.15, -0.1) is 0 Å². The van der Waals surface area contributed by atoms with Crippen molar-refractivity contribution in [3.8, 4) is 0 Å². The minimum absolute atomic E-state index is 0.130. The minimum atomic E-state index is -0.736. The first-order valence-electron chi connectivity index (χ1n) is 6.63. The number of thioether (sulfide) groups is 1. The van der Waals surface area contributed by atoms with Crippen LogP contribution in [0.25, 0.3) is 11.2 Å². The maximum atomic E-state index is 10.5. The van der Waals surface area contributed by atoms with E-state index in [1.807, 2.05) is 6.92 Å². The van der Waals surface area contributed by atoms with Gasteiger partial charge in [0.15, 0.2) is 10.9 Å². The fraction of sp³-hybridized carbons (Fsp3) is 0.583. The van der Waals surface area contributed by atoms with Gasteiger partial charge in [-0.3, -0.25) is 4.57 Å². The summed E-state index contributed by atoms with van der Waals surface area (Å²) in [5, 5.41) is 19.8. The fourth-order valence-corrected chi connectivity index (χ4v) is 3.84. The zero-order valence-electron chi connectivity index (χ0n) is 11.3. The molecule has 1 fully saturated rings. The van der Waals surface area contributed by atoms with Gasteiger partial charge < -0.3 is 19.9 Å². The first-order chi connectivity index (χ1) is 10.2. The van der Waals surface area contributed by atoms with Crippen LogP contribution in [0.15, 0.2) is 12.7 Å². The summed E-state index contributed by atoms with van der Waals surface area (Å²) in [5.41, 5.74) is 1.22. The van der Waals surface area contributed by atoms with E-state index in [-0.39, 0.29) is 11.9 Å². The van der Waals surface area contributed by atoms with Gasteiger partial charge in [-0.2, -0.15) is 11.8 Å². The molecule has 21 heavy (non-hydrogen) atoms. The Bertz CT molecular complexity index is 688. The van der Waals surface area contributed by atoms with Crippen molar-refractivity contribution in [2.24, 2.45) is 0 Å². The van der Waals surface area contributed by atoms with E-state index in [9.17, 15) is 10.2 Å². The van der Waals surface area contributed by atoms with Gasteiger partial charge in [-0.25, -0.2) is 9.97 Å². The predicted octanol–water partition coefficient (Wildman–Crippen LogP) is 0.861. The van der Waals surface area contributed by atoms with Crippen molar-refractivity contribution >= 4 is 35.1 Å². The number of H-pyrrole nitrogens is 1. The molecule has 3 heterocycles. The highest BCUT2D eigenvalue weighted by Gasteiger charge is 2.44. The van der Waals surface area contributed by atoms with Crippen LogP contribution in [0.5, 0.6) is 0 Å². The molecule has 7 nitrogen and oxygen atoms in total. The Labute approximate surface area is 130 Å². The quantitative estimate of drug-likeness (QED) is 0.716. The first-order valence-corrected chi connectivity index (χ1v) is 8.09. The third kappa shape index (κ3) is 2.49. The van der Waals surface area contributed by atoms with Gasteiger partial charge in [0.2, 0.25) is 0 Å². The Morgan fingerprint density at radius 1 is 1.52 bits per heavy atom. The summed E-state index contributed by atoms with van der Waals surface area (Å²) in [6.45, 7) is 1.88. The van der Waals surface area contributed by atoms with Gasteiger partial charge in [0.05, 0.1) is 30.6 Å². The monoisotopic (exact) mass is 328 g/mol. The molecule has 0 radical (unpaired) electrons. The first kappa shape index (κ1) is 14.9. The third-order valence-electron chi connectivity index (χ3n) is 3.50. The normalized spacial score (nSPS) is 29.3. The maximum Gasteiger partial charge on any atom is 0.164 e. The molecule has 3 N–H and O–H groups in total. The van der Waals surface area contributed by atoms with Crippen LogP contribution in [0.1, 0.15) is 13.2 Å². The van der Waals surface area contributed by atoms with Crippen LogP contribution in [0, 0.1) is 4.64 Å². The highest BCUT2D eigenvalue weighted by molar-refractivity contribution is 8.00. The second-order valence-electron chi connectivity index (χ2n) is 4.71. The largest absolute Gasteiger partial charge is 0.394 e. The molecule has 114 valence electrons. The Balaban J connectivity index is 1.99. The average molecular weight is 328 g/mol. The molecule has 3 rings (SSSR count). The minimum Gasteiger partial charge on any atom is -0.394 e. The van der Waals surface area contributed by atoms with E-state index in [0.717, 1.165) is 5.75 Å². The van der Waals surface area contributed by atoms with Crippen LogP contribution >= 0.6 is 24.0 Å². The number of ether oxygens (including phenoxy) is 1. The van der Waals surface area contributed by atoms with Crippen molar-refractivity contribution in [2.45, 2.75) is 30.6 Å². The van der Waals surface area contributed by atoms with E-state index < -0.39 is 18.4 Å². The molecule has 1 aliphatic heterocycles. The molecule has 4 unspecified atom stereocenters. The van der Waals surface area contributed by atoms with Crippen molar-refractivity contribution < 1.29 is 14.9 Å². The number of rotatable bonds is 4. The molecular formula is C12H16N4O3S2. The Morgan fingerprint density at radius 2 is 2.33 bits per heavy atom. The molecule has 2 aromatic rings. The molecule has 1 saturated heterocycles. The van der Waals surface area contributed by atoms with Gasteiger partial charge in [0.25, 0.3) is 0 Å². The van der Waals surface area contributed by atoms with E-state index in [0.29, 0.717) is 15.8 Å². The van der Waals surface area contributed by atoms with Crippen LogP contribution in [-0.4, -0.2) is 59.5 Å². The second-order valence-corrected chi connectivity index (χ2v) is 6.56. The van der Waals surface area contributed by atoms with E-state index in [2.05, 4.69) is 15.0 Å². The van der Waals surface area contributed by atoms with Crippen LogP contribution in [0.3, 0.4) is 0 Å². The fourth-order valence-electron chi connectivity index (χ4n) is 2.56. The number of hydrogen-bond acceptors (Lipinski definition) is 7. The second kappa shape index (κ2) is 6.01. The maximum absolute atomic E-state index is 10.5. The Kier molecular flexibility index (Phi) is 4.27. The highest BCUT2D eigenvalue weighted by Crippen LogP contribution is 2.37. The Hall–Kier alpha value is -1.00. The van der Waals surface area contributed by atoms with Crippen molar-refractivity contribution in [1.82, 2.24) is 19.5 Å². The van der Waals surface area contributed by atoms with E-state index in [4.69, 9.17) is 17.0 Å². The number of nitrogens with one attached hydrogen (secondary N) is 1. The lowest BCUT2D eigenvalue weighted by Gasteiger charge is -2.18. The number of imidazole rings is 1. The van der Waals surface area contributed by atoms with Gasteiger partial charge in [-0.05, 0) is 5.75 Å². The molecule has 0 bridgehead atoms. The molecule has 0 saturated carbocycles. The summed E-state index contributed by atoms with van der Waals surface area (Å²) in [7, 11) is 0. The van der Waals surface area contributed by atoms with E-state index in [1.54, 1.807) is 22.7 Å². The van der Waals surface area contributed by atoms with Gasteiger partial charge in [-0.1, -0.05) is 19.1 Å². The number of aliphatic hydroxyl groups is 2. The molecular weight excluding hydrogens is 312 g/mol. The lowest BCUT2D eigenvalue weighted by Crippen LogP contribution is -2.31. The summed E-state index contributed by atoms with van der Waals surface area (Å²) >= 11 is 6.70. The van der Waals surface area contributed by atoms with Crippen LogP contribution in [0.4, 0.5) is 0 Å². The number of aliphatic hydroxyl groups excluding tert-OH is 2. The molecule has 2 aromatic heterocycles.